The lowest BCUT2D eigenvalue weighted by Crippen LogP contribution is -2.30. The molecule has 15 heavy (non-hydrogen) atoms. The molecule has 1 heterocycles. The average molecular weight is 268 g/mol. The molecule has 0 aliphatic carbocycles. The molecule has 2 N–H and O–H groups in total. The van der Waals surface area contributed by atoms with E-state index in [1.54, 1.807) is 0 Å². The van der Waals surface area contributed by atoms with Crippen molar-refractivity contribution < 1.29 is 0 Å². The van der Waals surface area contributed by atoms with Gasteiger partial charge >= 0.3 is 0 Å². The van der Waals surface area contributed by atoms with Gasteiger partial charge in [-0.25, -0.2) is 0 Å². The van der Waals surface area contributed by atoms with Gasteiger partial charge in [-0.15, -0.1) is 0 Å². The number of rotatable bonds is 3. The second-order valence-corrected chi connectivity index (χ2v) is 4.56. The minimum Gasteiger partial charge on any atom is -0.355 e. The molecule has 0 radical (unpaired) electrons. The second-order valence-electron chi connectivity index (χ2n) is 3.64. The summed E-state index contributed by atoms with van der Waals surface area (Å²) >= 11 is 3.46. The summed E-state index contributed by atoms with van der Waals surface area (Å²) in [4.78, 5) is 2.07. The molecule has 1 aromatic rings. The fraction of sp³-hybridized carbons (Fsp3) is 0.364. The summed E-state index contributed by atoms with van der Waals surface area (Å²) in [5.74, 6) is 0.560. The van der Waals surface area contributed by atoms with E-state index in [9.17, 15) is 0 Å². The van der Waals surface area contributed by atoms with Crippen LogP contribution in [-0.4, -0.2) is 30.5 Å². The Bertz CT molecular complexity index is 365. The molecular weight excluding hydrogens is 254 g/mol. The minimum absolute atomic E-state index is 0.560. The van der Waals surface area contributed by atoms with Crippen molar-refractivity contribution in [1.29, 1.82) is 5.41 Å². The third kappa shape index (κ3) is 2.72. The average Bonchev–Trinajstić information content (AvgIpc) is 2.61. The summed E-state index contributed by atoms with van der Waals surface area (Å²) in [6.45, 7) is 2.77. The first-order valence-electron chi connectivity index (χ1n) is 5.07. The molecule has 1 fully saturated rings. The molecule has 2 rings (SSSR count). The molecule has 80 valence electrons. The molecule has 1 aliphatic heterocycles. The number of hydrogen-bond acceptors (Lipinski definition) is 1. The van der Waals surface area contributed by atoms with Crippen LogP contribution >= 0.6 is 15.9 Å². The first-order chi connectivity index (χ1) is 7.25. The van der Waals surface area contributed by atoms with Gasteiger partial charge in [-0.3, -0.25) is 5.41 Å². The maximum atomic E-state index is 7.62. The molecular formula is C11H14BrN3. The number of hydrogen-bond donors (Lipinski definition) is 2. The lowest BCUT2D eigenvalue weighted by Gasteiger charge is -2.15. The van der Waals surface area contributed by atoms with Crippen LogP contribution in [0, 0.1) is 5.41 Å². The Morgan fingerprint density at radius 2 is 2.33 bits per heavy atom. The summed E-state index contributed by atoms with van der Waals surface area (Å²) in [7, 11) is 0. The zero-order valence-electron chi connectivity index (χ0n) is 8.46. The summed E-state index contributed by atoms with van der Waals surface area (Å²) in [6, 6.07) is 8.33. The topological polar surface area (TPSA) is 39.1 Å². The van der Waals surface area contributed by atoms with Gasteiger partial charge in [0.2, 0.25) is 0 Å². The molecule has 0 atom stereocenters. The van der Waals surface area contributed by atoms with Crippen molar-refractivity contribution in [2.75, 3.05) is 19.6 Å². The quantitative estimate of drug-likeness (QED) is 0.877. The summed E-state index contributed by atoms with van der Waals surface area (Å²) in [6.07, 6.45) is 0.990. The van der Waals surface area contributed by atoms with E-state index in [4.69, 9.17) is 5.41 Å². The maximum Gasteiger partial charge on any atom is 0.191 e. The van der Waals surface area contributed by atoms with Crippen molar-refractivity contribution in [2.45, 2.75) is 6.42 Å². The van der Waals surface area contributed by atoms with E-state index in [1.807, 2.05) is 12.1 Å². The van der Waals surface area contributed by atoms with E-state index in [0.717, 1.165) is 30.5 Å². The van der Waals surface area contributed by atoms with Gasteiger partial charge in [0, 0.05) is 24.1 Å². The number of benzene rings is 1. The molecule has 0 spiro atoms. The number of halogens is 1. The van der Waals surface area contributed by atoms with Crippen LogP contribution in [0.3, 0.4) is 0 Å². The normalized spacial score (nSPS) is 15.5. The van der Waals surface area contributed by atoms with Gasteiger partial charge in [0.15, 0.2) is 5.96 Å². The van der Waals surface area contributed by atoms with Crippen molar-refractivity contribution in [3.63, 3.8) is 0 Å². The van der Waals surface area contributed by atoms with Gasteiger partial charge in [0.1, 0.15) is 0 Å². The van der Waals surface area contributed by atoms with Gasteiger partial charge < -0.3 is 10.2 Å². The Kier molecular flexibility index (Phi) is 3.26. The van der Waals surface area contributed by atoms with Crippen LogP contribution in [0.1, 0.15) is 5.56 Å². The first-order valence-corrected chi connectivity index (χ1v) is 5.87. The fourth-order valence-electron chi connectivity index (χ4n) is 1.71. The lowest BCUT2D eigenvalue weighted by molar-refractivity contribution is 0.464. The summed E-state index contributed by atoms with van der Waals surface area (Å²) in [5, 5.41) is 10.6. The zero-order chi connectivity index (χ0) is 10.7. The smallest absolute Gasteiger partial charge is 0.191 e. The van der Waals surface area contributed by atoms with Gasteiger partial charge in [0.05, 0.1) is 0 Å². The van der Waals surface area contributed by atoms with Crippen LogP contribution in [0.25, 0.3) is 0 Å². The highest BCUT2D eigenvalue weighted by atomic mass is 79.9. The molecule has 0 aromatic heterocycles. The van der Waals surface area contributed by atoms with Crippen LogP contribution in [0.15, 0.2) is 28.7 Å². The first kappa shape index (κ1) is 10.5. The molecule has 0 unspecified atom stereocenters. The highest BCUT2D eigenvalue weighted by Crippen LogP contribution is 2.12. The zero-order valence-corrected chi connectivity index (χ0v) is 10.0. The summed E-state index contributed by atoms with van der Waals surface area (Å²) in [5.41, 5.74) is 1.31. The number of nitrogens with zero attached hydrogens (tertiary/aromatic N) is 1. The Balaban J connectivity index is 1.90. The molecule has 1 aromatic carbocycles. The van der Waals surface area contributed by atoms with Gasteiger partial charge in [0.25, 0.3) is 0 Å². The Morgan fingerprint density at radius 1 is 1.47 bits per heavy atom. The van der Waals surface area contributed by atoms with Crippen molar-refractivity contribution in [3.8, 4) is 0 Å². The SMILES string of the molecule is N=C1NCCN1CCc1cccc(Br)c1. The number of guanidine groups is 1. The Labute approximate surface area is 98.1 Å². The molecule has 0 bridgehead atoms. The van der Waals surface area contributed by atoms with Crippen LogP contribution < -0.4 is 5.32 Å². The van der Waals surface area contributed by atoms with Crippen molar-refractivity contribution in [1.82, 2.24) is 10.2 Å². The molecule has 1 aliphatic rings. The van der Waals surface area contributed by atoms with E-state index in [2.05, 4.69) is 38.3 Å². The van der Waals surface area contributed by atoms with Crippen molar-refractivity contribution >= 4 is 21.9 Å². The monoisotopic (exact) mass is 267 g/mol. The van der Waals surface area contributed by atoms with E-state index in [0.29, 0.717) is 5.96 Å². The predicted molar refractivity (Wildman–Crippen MR) is 65.1 cm³/mol. The maximum absolute atomic E-state index is 7.62. The third-order valence-corrected chi connectivity index (χ3v) is 3.04. The van der Waals surface area contributed by atoms with Crippen LogP contribution in [0.2, 0.25) is 0 Å². The van der Waals surface area contributed by atoms with Crippen LogP contribution in [0.5, 0.6) is 0 Å². The van der Waals surface area contributed by atoms with Gasteiger partial charge in [-0.1, -0.05) is 28.1 Å². The van der Waals surface area contributed by atoms with E-state index in [1.165, 1.54) is 5.56 Å². The third-order valence-electron chi connectivity index (χ3n) is 2.55. The van der Waals surface area contributed by atoms with E-state index < -0.39 is 0 Å². The standard InChI is InChI=1S/C11H14BrN3/c12-10-3-1-2-9(8-10)4-6-15-7-5-14-11(15)13/h1-3,8H,4-7H2,(H2,13,14). The fourth-order valence-corrected chi connectivity index (χ4v) is 2.16. The minimum atomic E-state index is 0.560. The molecule has 0 amide bonds. The van der Waals surface area contributed by atoms with Crippen molar-refractivity contribution in [3.05, 3.63) is 34.3 Å². The molecule has 4 heteroatoms. The largest absolute Gasteiger partial charge is 0.355 e. The van der Waals surface area contributed by atoms with E-state index in [-0.39, 0.29) is 0 Å². The molecule has 0 saturated carbocycles. The van der Waals surface area contributed by atoms with E-state index >= 15 is 0 Å². The lowest BCUT2D eigenvalue weighted by atomic mass is 10.1. The van der Waals surface area contributed by atoms with Crippen LogP contribution in [0.4, 0.5) is 0 Å². The Morgan fingerprint density at radius 3 is 3.00 bits per heavy atom. The van der Waals surface area contributed by atoms with Crippen molar-refractivity contribution in [2.24, 2.45) is 0 Å². The highest BCUT2D eigenvalue weighted by Gasteiger charge is 2.14. The summed E-state index contributed by atoms with van der Waals surface area (Å²) < 4.78 is 1.12. The highest BCUT2D eigenvalue weighted by molar-refractivity contribution is 9.10. The molecule has 1 saturated heterocycles. The van der Waals surface area contributed by atoms with Gasteiger partial charge in [-0.05, 0) is 24.1 Å². The van der Waals surface area contributed by atoms with Gasteiger partial charge in [-0.2, -0.15) is 0 Å². The second kappa shape index (κ2) is 4.66. The predicted octanol–water partition coefficient (Wildman–Crippen LogP) is 1.83. The number of nitrogens with one attached hydrogen (secondary N) is 2. The Hall–Kier alpha value is -1.03. The molecule has 3 nitrogen and oxygen atoms in total. The van der Waals surface area contributed by atoms with Crippen LogP contribution in [-0.2, 0) is 6.42 Å².